The third kappa shape index (κ3) is 2.76. The summed E-state index contributed by atoms with van der Waals surface area (Å²) in [6.07, 6.45) is 1.92. The molecule has 1 aliphatic rings. The first-order chi connectivity index (χ1) is 10.2. The molecule has 0 N–H and O–H groups in total. The molecule has 2 aromatic rings. The van der Waals surface area contributed by atoms with Crippen molar-refractivity contribution >= 4 is 22.0 Å². The molecule has 0 fully saturated rings. The second kappa shape index (κ2) is 5.82. The van der Waals surface area contributed by atoms with E-state index in [9.17, 15) is 0 Å². The second-order valence-corrected chi connectivity index (χ2v) is 5.62. The van der Waals surface area contributed by atoms with Gasteiger partial charge in [-0.1, -0.05) is 28.1 Å². The van der Waals surface area contributed by atoms with Crippen LogP contribution in [0, 0.1) is 0 Å². The number of ether oxygens (including phenoxy) is 3. The molecule has 0 spiro atoms. The van der Waals surface area contributed by atoms with E-state index in [0.717, 1.165) is 32.9 Å². The van der Waals surface area contributed by atoms with Crippen molar-refractivity contribution in [2.24, 2.45) is 0 Å². The third-order valence-corrected chi connectivity index (χ3v) is 4.07. The molecule has 0 saturated carbocycles. The van der Waals surface area contributed by atoms with Crippen LogP contribution in [0.25, 0.3) is 6.08 Å². The van der Waals surface area contributed by atoms with Gasteiger partial charge in [-0.05, 0) is 35.9 Å². The Labute approximate surface area is 132 Å². The van der Waals surface area contributed by atoms with E-state index < -0.39 is 0 Å². The fourth-order valence-electron chi connectivity index (χ4n) is 2.28. The minimum absolute atomic E-state index is 0.157. The Morgan fingerprint density at radius 1 is 0.952 bits per heavy atom. The molecule has 4 heteroatoms. The number of methoxy groups -OCH3 is 2. The molecular formula is C17H15BrO3. The van der Waals surface area contributed by atoms with Gasteiger partial charge in [0, 0.05) is 16.1 Å². The van der Waals surface area contributed by atoms with Crippen molar-refractivity contribution in [1.82, 2.24) is 0 Å². The maximum Gasteiger partial charge on any atom is 0.155 e. The summed E-state index contributed by atoms with van der Waals surface area (Å²) in [5.41, 5.74) is 2.10. The highest BCUT2D eigenvalue weighted by molar-refractivity contribution is 9.11. The molecule has 0 aromatic heterocycles. The predicted molar refractivity (Wildman–Crippen MR) is 86.3 cm³/mol. The zero-order chi connectivity index (χ0) is 14.8. The summed E-state index contributed by atoms with van der Waals surface area (Å²) >= 11 is 3.61. The van der Waals surface area contributed by atoms with Gasteiger partial charge >= 0.3 is 0 Å². The lowest BCUT2D eigenvalue weighted by Crippen LogP contribution is -2.12. The van der Waals surface area contributed by atoms with Crippen molar-refractivity contribution < 1.29 is 14.2 Å². The molecule has 3 rings (SSSR count). The molecule has 0 amide bonds. The van der Waals surface area contributed by atoms with Crippen molar-refractivity contribution in [2.45, 2.75) is 6.10 Å². The molecule has 1 heterocycles. The van der Waals surface area contributed by atoms with Gasteiger partial charge in [0.05, 0.1) is 14.2 Å². The first-order valence-electron chi connectivity index (χ1n) is 6.57. The van der Waals surface area contributed by atoms with Crippen molar-refractivity contribution in [3.8, 4) is 17.2 Å². The molecule has 2 aromatic carbocycles. The van der Waals surface area contributed by atoms with E-state index in [0.29, 0.717) is 0 Å². The summed E-state index contributed by atoms with van der Waals surface area (Å²) in [4.78, 5) is 0. The Morgan fingerprint density at radius 2 is 1.62 bits per heavy atom. The van der Waals surface area contributed by atoms with Gasteiger partial charge in [-0.25, -0.2) is 0 Å². The Kier molecular flexibility index (Phi) is 3.88. The fraction of sp³-hybridized carbons (Fsp3) is 0.176. The Balaban J connectivity index is 1.94. The molecule has 1 unspecified atom stereocenters. The number of rotatable bonds is 3. The van der Waals surface area contributed by atoms with E-state index in [1.807, 2.05) is 42.5 Å². The first-order valence-corrected chi connectivity index (χ1v) is 7.36. The minimum atomic E-state index is -0.157. The molecule has 108 valence electrons. The van der Waals surface area contributed by atoms with Gasteiger partial charge in [0.1, 0.15) is 17.2 Å². The van der Waals surface area contributed by atoms with Crippen LogP contribution >= 0.6 is 15.9 Å². The lowest BCUT2D eigenvalue weighted by Gasteiger charge is -2.25. The molecular weight excluding hydrogens is 332 g/mol. The maximum atomic E-state index is 6.11. The zero-order valence-corrected chi connectivity index (χ0v) is 13.4. The highest BCUT2D eigenvalue weighted by Gasteiger charge is 2.23. The van der Waals surface area contributed by atoms with E-state index in [1.54, 1.807) is 14.2 Å². The van der Waals surface area contributed by atoms with E-state index in [1.165, 1.54) is 0 Å². The number of halogens is 1. The smallest absolute Gasteiger partial charge is 0.155 e. The molecule has 1 atom stereocenters. The molecule has 1 aliphatic heterocycles. The van der Waals surface area contributed by atoms with Gasteiger partial charge in [0.2, 0.25) is 0 Å². The lowest BCUT2D eigenvalue weighted by molar-refractivity contribution is 0.247. The van der Waals surface area contributed by atoms with Gasteiger partial charge in [-0.15, -0.1) is 0 Å². The van der Waals surface area contributed by atoms with E-state index in [4.69, 9.17) is 14.2 Å². The maximum absolute atomic E-state index is 6.11. The van der Waals surface area contributed by atoms with Gasteiger partial charge in [0.25, 0.3) is 0 Å². The lowest BCUT2D eigenvalue weighted by atomic mass is 10.0. The molecule has 0 aliphatic carbocycles. The molecule has 0 radical (unpaired) electrons. The first kappa shape index (κ1) is 14.0. The van der Waals surface area contributed by atoms with Crippen molar-refractivity contribution in [2.75, 3.05) is 14.2 Å². The van der Waals surface area contributed by atoms with Crippen LogP contribution in [0.1, 0.15) is 17.2 Å². The quantitative estimate of drug-likeness (QED) is 0.814. The number of hydrogen-bond acceptors (Lipinski definition) is 3. The predicted octanol–water partition coefficient (Wildman–Crippen LogP) is 4.57. The van der Waals surface area contributed by atoms with Crippen LogP contribution in [0.2, 0.25) is 0 Å². The van der Waals surface area contributed by atoms with Crippen molar-refractivity contribution in [1.29, 1.82) is 0 Å². The van der Waals surface area contributed by atoms with Crippen LogP contribution in [-0.2, 0) is 0 Å². The summed E-state index contributed by atoms with van der Waals surface area (Å²) in [6.45, 7) is 0. The van der Waals surface area contributed by atoms with Crippen molar-refractivity contribution in [3.63, 3.8) is 0 Å². The van der Waals surface area contributed by atoms with Crippen LogP contribution in [0.4, 0.5) is 0 Å². The average molecular weight is 347 g/mol. The summed E-state index contributed by atoms with van der Waals surface area (Å²) in [5.74, 6) is 2.43. The van der Waals surface area contributed by atoms with E-state index in [-0.39, 0.29) is 6.10 Å². The fourth-order valence-corrected chi connectivity index (χ4v) is 2.88. The molecule has 0 saturated heterocycles. The molecule has 0 bridgehead atoms. The van der Waals surface area contributed by atoms with E-state index >= 15 is 0 Å². The second-order valence-electron chi connectivity index (χ2n) is 4.70. The van der Waals surface area contributed by atoms with Crippen LogP contribution in [0.5, 0.6) is 17.2 Å². The standard InChI is InChI=1S/C17H15BrO3/c1-19-13-6-3-11(4-7-13)17-15(18)9-12-5-8-14(20-2)10-16(12)21-17/h3-10,17H,1-2H3. The van der Waals surface area contributed by atoms with Gasteiger partial charge in [-0.2, -0.15) is 0 Å². The Bertz CT molecular complexity index is 677. The van der Waals surface area contributed by atoms with Crippen LogP contribution < -0.4 is 14.2 Å². The number of fused-ring (bicyclic) bond motifs is 1. The van der Waals surface area contributed by atoms with Crippen molar-refractivity contribution in [3.05, 3.63) is 58.1 Å². The molecule has 3 nitrogen and oxygen atoms in total. The van der Waals surface area contributed by atoms with Crippen LogP contribution in [-0.4, -0.2) is 14.2 Å². The SMILES string of the molecule is COc1ccc(C2Oc3cc(OC)ccc3C=C2Br)cc1. The van der Waals surface area contributed by atoms with Gasteiger partial charge in [-0.3, -0.25) is 0 Å². The van der Waals surface area contributed by atoms with E-state index in [2.05, 4.69) is 22.0 Å². The Hall–Kier alpha value is -1.94. The van der Waals surface area contributed by atoms with Gasteiger partial charge < -0.3 is 14.2 Å². The minimum Gasteiger partial charge on any atom is -0.497 e. The van der Waals surface area contributed by atoms with Crippen LogP contribution in [0.15, 0.2) is 46.9 Å². The van der Waals surface area contributed by atoms with Gasteiger partial charge in [0.15, 0.2) is 6.10 Å². The average Bonchev–Trinajstić information content (AvgIpc) is 2.54. The zero-order valence-electron chi connectivity index (χ0n) is 11.8. The third-order valence-electron chi connectivity index (χ3n) is 3.43. The summed E-state index contributed by atoms with van der Waals surface area (Å²) in [5, 5.41) is 0. The number of hydrogen-bond donors (Lipinski definition) is 0. The topological polar surface area (TPSA) is 27.7 Å². The summed E-state index contributed by atoms with van der Waals surface area (Å²) in [7, 11) is 3.31. The largest absolute Gasteiger partial charge is 0.497 e. The van der Waals surface area contributed by atoms with Crippen LogP contribution in [0.3, 0.4) is 0 Å². The normalized spacial score (nSPS) is 16.5. The highest BCUT2D eigenvalue weighted by atomic mass is 79.9. The summed E-state index contributed by atoms with van der Waals surface area (Å²) < 4.78 is 17.5. The molecule has 21 heavy (non-hydrogen) atoms. The highest BCUT2D eigenvalue weighted by Crippen LogP contribution is 2.41. The number of benzene rings is 2. The Morgan fingerprint density at radius 3 is 2.29 bits per heavy atom. The monoisotopic (exact) mass is 346 g/mol. The summed E-state index contributed by atoms with van der Waals surface area (Å²) in [6, 6.07) is 13.7.